The van der Waals surface area contributed by atoms with Crippen molar-refractivity contribution in [3.8, 4) is 0 Å². The van der Waals surface area contributed by atoms with E-state index in [0.29, 0.717) is 18.0 Å². The molecule has 2 heteroatoms. The van der Waals surface area contributed by atoms with E-state index < -0.39 is 0 Å². The summed E-state index contributed by atoms with van der Waals surface area (Å²) < 4.78 is 0. The number of nitrogens with one attached hydrogen (secondary N) is 1. The molecule has 0 aromatic heterocycles. The lowest BCUT2D eigenvalue weighted by Crippen LogP contribution is -2.49. The Morgan fingerprint density at radius 2 is 1.93 bits per heavy atom. The molecule has 0 spiro atoms. The van der Waals surface area contributed by atoms with E-state index in [-0.39, 0.29) is 5.60 Å². The minimum absolute atomic E-state index is 0.355. The molecule has 3 unspecified atom stereocenters. The van der Waals surface area contributed by atoms with Crippen molar-refractivity contribution in [1.29, 1.82) is 0 Å². The smallest absolute Gasteiger partial charge is 0.0680 e. The van der Waals surface area contributed by atoms with Crippen LogP contribution in [0.1, 0.15) is 52.4 Å². The zero-order valence-electron chi connectivity index (χ0n) is 9.42. The van der Waals surface area contributed by atoms with Crippen LogP contribution in [0.4, 0.5) is 0 Å². The third-order valence-corrected chi connectivity index (χ3v) is 4.01. The summed E-state index contributed by atoms with van der Waals surface area (Å²) in [4.78, 5) is 0. The number of piperidine rings is 1. The van der Waals surface area contributed by atoms with E-state index in [1.807, 2.05) is 0 Å². The number of rotatable bonds is 3. The van der Waals surface area contributed by atoms with Crippen LogP contribution < -0.4 is 5.32 Å². The van der Waals surface area contributed by atoms with Crippen LogP contribution in [0.2, 0.25) is 0 Å². The molecule has 0 amide bonds. The Morgan fingerprint density at radius 1 is 1.36 bits per heavy atom. The van der Waals surface area contributed by atoms with Gasteiger partial charge in [0.25, 0.3) is 0 Å². The molecule has 2 heterocycles. The SMILES string of the molecule is CCC(C)CC1(O)CC2CCC(C1)N2. The first-order chi connectivity index (χ1) is 6.61. The van der Waals surface area contributed by atoms with E-state index in [9.17, 15) is 5.11 Å². The number of aliphatic hydroxyl groups is 1. The normalized spacial score (nSPS) is 43.9. The van der Waals surface area contributed by atoms with Gasteiger partial charge in [-0.15, -0.1) is 0 Å². The Hall–Kier alpha value is -0.0800. The second-order valence-corrected chi connectivity index (χ2v) is 5.49. The first kappa shape index (κ1) is 10.4. The molecule has 3 atom stereocenters. The number of hydrogen-bond acceptors (Lipinski definition) is 2. The van der Waals surface area contributed by atoms with Gasteiger partial charge in [0.05, 0.1) is 5.60 Å². The third-order valence-electron chi connectivity index (χ3n) is 4.01. The van der Waals surface area contributed by atoms with Crippen LogP contribution in [0.15, 0.2) is 0 Å². The fourth-order valence-corrected chi connectivity index (χ4v) is 3.18. The molecule has 0 aromatic carbocycles. The summed E-state index contributed by atoms with van der Waals surface area (Å²) in [5.41, 5.74) is -0.355. The molecule has 2 aliphatic heterocycles. The van der Waals surface area contributed by atoms with Gasteiger partial charge >= 0.3 is 0 Å². The van der Waals surface area contributed by atoms with E-state index in [4.69, 9.17) is 0 Å². The highest BCUT2D eigenvalue weighted by Gasteiger charge is 2.42. The molecule has 2 N–H and O–H groups in total. The van der Waals surface area contributed by atoms with E-state index >= 15 is 0 Å². The van der Waals surface area contributed by atoms with E-state index in [1.165, 1.54) is 19.3 Å². The summed E-state index contributed by atoms with van der Waals surface area (Å²) in [7, 11) is 0. The molecule has 0 radical (unpaired) electrons. The van der Waals surface area contributed by atoms with Gasteiger partial charge in [-0.2, -0.15) is 0 Å². The van der Waals surface area contributed by atoms with Gasteiger partial charge < -0.3 is 10.4 Å². The second-order valence-electron chi connectivity index (χ2n) is 5.49. The van der Waals surface area contributed by atoms with Gasteiger partial charge in [-0.05, 0) is 38.0 Å². The molecule has 2 fully saturated rings. The van der Waals surface area contributed by atoms with Gasteiger partial charge in [0.2, 0.25) is 0 Å². The largest absolute Gasteiger partial charge is 0.390 e. The summed E-state index contributed by atoms with van der Waals surface area (Å²) in [5, 5.41) is 14.1. The molecule has 14 heavy (non-hydrogen) atoms. The van der Waals surface area contributed by atoms with Crippen LogP contribution in [0, 0.1) is 5.92 Å². The maximum absolute atomic E-state index is 10.5. The minimum Gasteiger partial charge on any atom is -0.390 e. The van der Waals surface area contributed by atoms with Crippen molar-refractivity contribution in [2.75, 3.05) is 0 Å². The van der Waals surface area contributed by atoms with Crippen molar-refractivity contribution in [3.05, 3.63) is 0 Å². The minimum atomic E-state index is -0.355. The zero-order valence-corrected chi connectivity index (χ0v) is 9.42. The summed E-state index contributed by atoms with van der Waals surface area (Å²) >= 11 is 0. The number of hydrogen-bond donors (Lipinski definition) is 2. The van der Waals surface area contributed by atoms with Crippen molar-refractivity contribution in [2.24, 2.45) is 5.92 Å². The summed E-state index contributed by atoms with van der Waals surface area (Å²) in [6.07, 6.45) is 6.69. The first-order valence-electron chi connectivity index (χ1n) is 6.10. The molecule has 2 nitrogen and oxygen atoms in total. The van der Waals surface area contributed by atoms with Crippen LogP contribution in [0.3, 0.4) is 0 Å². The Bertz CT molecular complexity index is 192. The van der Waals surface area contributed by atoms with Crippen LogP contribution >= 0.6 is 0 Å². The Balaban J connectivity index is 1.95. The van der Waals surface area contributed by atoms with Crippen LogP contribution in [-0.4, -0.2) is 22.8 Å². The highest BCUT2D eigenvalue weighted by atomic mass is 16.3. The summed E-state index contributed by atoms with van der Waals surface area (Å²) in [6, 6.07) is 1.20. The van der Waals surface area contributed by atoms with Gasteiger partial charge in [0, 0.05) is 12.1 Å². The third kappa shape index (κ3) is 2.12. The predicted molar refractivity (Wildman–Crippen MR) is 58.2 cm³/mol. The average molecular weight is 197 g/mol. The van der Waals surface area contributed by atoms with Crippen molar-refractivity contribution in [1.82, 2.24) is 5.32 Å². The van der Waals surface area contributed by atoms with Gasteiger partial charge in [-0.3, -0.25) is 0 Å². The first-order valence-corrected chi connectivity index (χ1v) is 6.10. The molecule has 0 saturated carbocycles. The Kier molecular flexibility index (Phi) is 2.85. The molecule has 0 aromatic rings. The van der Waals surface area contributed by atoms with Gasteiger partial charge in [-0.1, -0.05) is 20.3 Å². The van der Waals surface area contributed by atoms with E-state index in [1.54, 1.807) is 0 Å². The van der Waals surface area contributed by atoms with Crippen molar-refractivity contribution in [3.63, 3.8) is 0 Å². The molecule has 2 saturated heterocycles. The highest BCUT2D eigenvalue weighted by molar-refractivity contribution is 5.00. The molecule has 0 aliphatic carbocycles. The molecular weight excluding hydrogens is 174 g/mol. The average Bonchev–Trinajstić information content (AvgIpc) is 2.45. The maximum Gasteiger partial charge on any atom is 0.0680 e. The van der Waals surface area contributed by atoms with E-state index in [0.717, 1.165) is 19.3 Å². The Labute approximate surface area is 87.1 Å². The van der Waals surface area contributed by atoms with Crippen LogP contribution in [0.25, 0.3) is 0 Å². The zero-order chi connectivity index (χ0) is 10.2. The van der Waals surface area contributed by atoms with Gasteiger partial charge in [-0.25, -0.2) is 0 Å². The lowest BCUT2D eigenvalue weighted by molar-refractivity contribution is -0.0255. The Morgan fingerprint density at radius 3 is 2.43 bits per heavy atom. The predicted octanol–water partition coefficient (Wildman–Crippen LogP) is 2.07. The lowest BCUT2D eigenvalue weighted by atomic mass is 9.80. The summed E-state index contributed by atoms with van der Waals surface area (Å²) in [6.45, 7) is 4.46. The molecule has 2 aliphatic rings. The van der Waals surface area contributed by atoms with Crippen molar-refractivity contribution in [2.45, 2.75) is 70.1 Å². The monoisotopic (exact) mass is 197 g/mol. The quantitative estimate of drug-likeness (QED) is 0.726. The van der Waals surface area contributed by atoms with E-state index in [2.05, 4.69) is 19.2 Å². The lowest BCUT2D eigenvalue weighted by Gasteiger charge is -2.38. The number of fused-ring (bicyclic) bond motifs is 2. The molecular formula is C12H23NO. The fraction of sp³-hybridized carbons (Fsp3) is 1.00. The summed E-state index contributed by atoms with van der Waals surface area (Å²) in [5.74, 6) is 0.664. The van der Waals surface area contributed by atoms with Crippen LogP contribution in [-0.2, 0) is 0 Å². The van der Waals surface area contributed by atoms with Gasteiger partial charge in [0.15, 0.2) is 0 Å². The topological polar surface area (TPSA) is 32.3 Å². The van der Waals surface area contributed by atoms with Crippen molar-refractivity contribution < 1.29 is 5.11 Å². The van der Waals surface area contributed by atoms with Crippen LogP contribution in [0.5, 0.6) is 0 Å². The van der Waals surface area contributed by atoms with Gasteiger partial charge in [0.1, 0.15) is 0 Å². The fourth-order valence-electron chi connectivity index (χ4n) is 3.18. The van der Waals surface area contributed by atoms with Crippen molar-refractivity contribution >= 4 is 0 Å². The molecule has 2 bridgehead atoms. The standard InChI is InChI=1S/C12H23NO/c1-3-9(2)6-12(14)7-10-4-5-11(8-12)13-10/h9-11,13-14H,3-8H2,1-2H3. The molecule has 2 rings (SSSR count). The molecule has 82 valence electrons. The highest BCUT2D eigenvalue weighted by Crippen LogP contribution is 2.37. The second kappa shape index (κ2) is 3.82. The maximum atomic E-state index is 10.5.